The zero-order chi connectivity index (χ0) is 8.10. The quantitative estimate of drug-likeness (QED) is 0.551. The van der Waals surface area contributed by atoms with Crippen LogP contribution in [0.25, 0.3) is 0 Å². The molecule has 0 aromatic carbocycles. The number of nitrogens with zero attached hydrogens (tertiary/aromatic N) is 1. The highest BCUT2D eigenvalue weighted by atomic mass is 16.3. The molecule has 0 amide bonds. The van der Waals surface area contributed by atoms with Gasteiger partial charge in [0, 0.05) is 24.4 Å². The van der Waals surface area contributed by atoms with E-state index in [0.717, 1.165) is 12.1 Å². The second-order valence-electron chi connectivity index (χ2n) is 2.45. The Balaban J connectivity index is 2.41. The zero-order valence-electron chi connectivity index (χ0n) is 6.54. The number of hydrogen-bond acceptors (Lipinski definition) is 3. The third-order valence-corrected chi connectivity index (χ3v) is 1.65. The van der Waals surface area contributed by atoms with Gasteiger partial charge in [-0.1, -0.05) is 0 Å². The lowest BCUT2D eigenvalue weighted by atomic mass is 10.2. The third kappa shape index (κ3) is 2.32. The van der Waals surface area contributed by atoms with Gasteiger partial charge in [-0.05, 0) is 7.05 Å². The second-order valence-corrected chi connectivity index (χ2v) is 2.45. The number of aromatic nitrogens is 2. The minimum Gasteiger partial charge on any atom is -0.395 e. The lowest BCUT2D eigenvalue weighted by Gasteiger charge is -2.10. The molecule has 0 spiro atoms. The minimum atomic E-state index is 0.121. The van der Waals surface area contributed by atoms with E-state index >= 15 is 0 Å². The Morgan fingerprint density at radius 1 is 1.82 bits per heavy atom. The topological polar surface area (TPSA) is 60.9 Å². The maximum Gasteiger partial charge on any atom is 0.0921 e. The molecule has 0 aliphatic rings. The molecular weight excluding hydrogens is 142 g/mol. The molecule has 1 unspecified atom stereocenters. The molecule has 1 atom stereocenters. The smallest absolute Gasteiger partial charge is 0.0921 e. The first-order chi connectivity index (χ1) is 5.36. The van der Waals surface area contributed by atoms with Crippen molar-refractivity contribution in [1.29, 1.82) is 0 Å². The van der Waals surface area contributed by atoms with Crippen LogP contribution in [0, 0.1) is 0 Å². The van der Waals surface area contributed by atoms with Gasteiger partial charge in [0.25, 0.3) is 0 Å². The fraction of sp³-hybridized carbons (Fsp3) is 0.571. The lowest BCUT2D eigenvalue weighted by molar-refractivity contribution is 0.247. The van der Waals surface area contributed by atoms with E-state index in [-0.39, 0.29) is 12.6 Å². The summed E-state index contributed by atoms with van der Waals surface area (Å²) in [6.45, 7) is 0.148. The van der Waals surface area contributed by atoms with Crippen molar-refractivity contribution in [2.24, 2.45) is 0 Å². The molecule has 0 bridgehead atoms. The van der Waals surface area contributed by atoms with E-state index in [0.29, 0.717) is 0 Å². The van der Waals surface area contributed by atoms with Crippen LogP contribution in [0.1, 0.15) is 5.69 Å². The van der Waals surface area contributed by atoms with Crippen molar-refractivity contribution < 1.29 is 5.11 Å². The largest absolute Gasteiger partial charge is 0.395 e. The summed E-state index contributed by atoms with van der Waals surface area (Å²) in [5, 5.41) is 11.8. The molecule has 0 fully saturated rings. The molecular formula is C7H13N3O. The number of hydrogen-bond donors (Lipinski definition) is 3. The Morgan fingerprint density at radius 3 is 3.09 bits per heavy atom. The van der Waals surface area contributed by atoms with Crippen molar-refractivity contribution in [2.45, 2.75) is 12.5 Å². The summed E-state index contributed by atoms with van der Waals surface area (Å²) >= 11 is 0. The van der Waals surface area contributed by atoms with E-state index in [1.54, 1.807) is 12.5 Å². The summed E-state index contributed by atoms with van der Waals surface area (Å²) in [6, 6.07) is 0.121. The van der Waals surface area contributed by atoms with Gasteiger partial charge in [-0.2, -0.15) is 0 Å². The maximum atomic E-state index is 8.83. The van der Waals surface area contributed by atoms with Crippen LogP contribution in [0.5, 0.6) is 0 Å². The average Bonchev–Trinajstić information content (AvgIpc) is 2.52. The molecule has 1 aromatic heterocycles. The third-order valence-electron chi connectivity index (χ3n) is 1.65. The van der Waals surface area contributed by atoms with Gasteiger partial charge in [0.05, 0.1) is 12.9 Å². The molecule has 1 heterocycles. The molecule has 62 valence electrons. The van der Waals surface area contributed by atoms with Crippen LogP contribution in [0.4, 0.5) is 0 Å². The van der Waals surface area contributed by atoms with E-state index in [1.807, 2.05) is 7.05 Å². The fourth-order valence-corrected chi connectivity index (χ4v) is 0.920. The molecule has 0 aliphatic heterocycles. The first kappa shape index (κ1) is 8.23. The number of nitrogens with one attached hydrogen (secondary N) is 2. The van der Waals surface area contributed by atoms with Gasteiger partial charge in [-0.15, -0.1) is 0 Å². The van der Waals surface area contributed by atoms with E-state index in [9.17, 15) is 0 Å². The van der Waals surface area contributed by atoms with E-state index in [2.05, 4.69) is 15.3 Å². The predicted octanol–water partition coefficient (Wildman–Crippen LogP) is -0.468. The average molecular weight is 155 g/mol. The molecule has 1 rings (SSSR count). The Hall–Kier alpha value is -0.870. The van der Waals surface area contributed by atoms with Crippen molar-refractivity contribution in [3.05, 3.63) is 18.2 Å². The van der Waals surface area contributed by atoms with Gasteiger partial charge in [-0.25, -0.2) is 4.98 Å². The lowest BCUT2D eigenvalue weighted by Crippen LogP contribution is -2.31. The summed E-state index contributed by atoms with van der Waals surface area (Å²) in [6.07, 6.45) is 4.19. The first-order valence-corrected chi connectivity index (χ1v) is 3.62. The zero-order valence-corrected chi connectivity index (χ0v) is 6.54. The minimum absolute atomic E-state index is 0.121. The van der Waals surface area contributed by atoms with Crippen molar-refractivity contribution in [1.82, 2.24) is 15.3 Å². The van der Waals surface area contributed by atoms with Crippen LogP contribution in [-0.2, 0) is 6.42 Å². The summed E-state index contributed by atoms with van der Waals surface area (Å²) in [5.41, 5.74) is 1.04. The Morgan fingerprint density at radius 2 is 2.64 bits per heavy atom. The maximum absolute atomic E-state index is 8.83. The summed E-state index contributed by atoms with van der Waals surface area (Å²) in [7, 11) is 1.83. The van der Waals surface area contributed by atoms with Crippen LogP contribution in [0.2, 0.25) is 0 Å². The van der Waals surface area contributed by atoms with Gasteiger partial charge < -0.3 is 15.4 Å². The highest BCUT2D eigenvalue weighted by Gasteiger charge is 2.05. The SMILES string of the molecule is CNC(CO)Cc1cnc[nH]1. The summed E-state index contributed by atoms with van der Waals surface area (Å²) < 4.78 is 0. The van der Waals surface area contributed by atoms with Gasteiger partial charge >= 0.3 is 0 Å². The summed E-state index contributed by atoms with van der Waals surface area (Å²) in [4.78, 5) is 6.85. The Bertz CT molecular complexity index is 182. The Labute approximate surface area is 65.7 Å². The molecule has 0 saturated heterocycles. The number of aromatic amines is 1. The monoisotopic (exact) mass is 155 g/mol. The normalized spacial score (nSPS) is 13.3. The van der Waals surface area contributed by atoms with Gasteiger partial charge in [0.2, 0.25) is 0 Å². The van der Waals surface area contributed by atoms with Gasteiger partial charge in [0.15, 0.2) is 0 Å². The standard InChI is InChI=1S/C7H13N3O/c1-8-7(4-11)2-6-3-9-5-10-6/h3,5,7-8,11H,2,4H2,1H3,(H,9,10). The Kier molecular flexibility index (Phi) is 3.07. The molecule has 0 saturated carbocycles. The van der Waals surface area contributed by atoms with Gasteiger partial charge in [0.1, 0.15) is 0 Å². The summed E-state index contributed by atoms with van der Waals surface area (Å²) in [5.74, 6) is 0. The molecule has 0 radical (unpaired) electrons. The molecule has 3 N–H and O–H groups in total. The molecule has 11 heavy (non-hydrogen) atoms. The number of likely N-dealkylation sites (N-methyl/N-ethyl adjacent to an activating group) is 1. The predicted molar refractivity (Wildman–Crippen MR) is 42.2 cm³/mol. The van der Waals surface area contributed by atoms with Crippen molar-refractivity contribution >= 4 is 0 Å². The van der Waals surface area contributed by atoms with Crippen molar-refractivity contribution in [2.75, 3.05) is 13.7 Å². The molecule has 1 aromatic rings. The van der Waals surface area contributed by atoms with E-state index in [1.165, 1.54) is 0 Å². The number of rotatable bonds is 4. The molecule has 4 heteroatoms. The number of H-pyrrole nitrogens is 1. The second kappa shape index (κ2) is 4.10. The number of aliphatic hydroxyl groups excluding tert-OH is 1. The van der Waals surface area contributed by atoms with Crippen LogP contribution < -0.4 is 5.32 Å². The first-order valence-electron chi connectivity index (χ1n) is 3.62. The van der Waals surface area contributed by atoms with Crippen molar-refractivity contribution in [3.8, 4) is 0 Å². The van der Waals surface area contributed by atoms with Crippen molar-refractivity contribution in [3.63, 3.8) is 0 Å². The van der Waals surface area contributed by atoms with Gasteiger partial charge in [-0.3, -0.25) is 0 Å². The van der Waals surface area contributed by atoms with Crippen LogP contribution >= 0.6 is 0 Å². The molecule has 0 aliphatic carbocycles. The highest BCUT2D eigenvalue weighted by Crippen LogP contribution is 1.96. The number of imidazole rings is 1. The number of aliphatic hydroxyl groups is 1. The van der Waals surface area contributed by atoms with E-state index in [4.69, 9.17) is 5.11 Å². The van der Waals surface area contributed by atoms with Crippen LogP contribution in [-0.4, -0.2) is 34.8 Å². The fourth-order valence-electron chi connectivity index (χ4n) is 0.920. The van der Waals surface area contributed by atoms with E-state index < -0.39 is 0 Å². The van der Waals surface area contributed by atoms with Crippen LogP contribution in [0.15, 0.2) is 12.5 Å². The van der Waals surface area contributed by atoms with Crippen LogP contribution in [0.3, 0.4) is 0 Å². The molecule has 4 nitrogen and oxygen atoms in total. The highest BCUT2D eigenvalue weighted by molar-refractivity contribution is 4.97.